The molecule has 0 aliphatic carbocycles. The molecule has 0 radical (unpaired) electrons. The molecule has 1 amide bonds. The van der Waals surface area contributed by atoms with Gasteiger partial charge >= 0.3 is 0 Å². The summed E-state index contributed by atoms with van der Waals surface area (Å²) in [5.41, 5.74) is 6.91. The summed E-state index contributed by atoms with van der Waals surface area (Å²) in [6.45, 7) is 4.30. The number of carbonyl (C=O) groups is 1. The van der Waals surface area contributed by atoms with Crippen molar-refractivity contribution in [2.75, 3.05) is 32.4 Å². The van der Waals surface area contributed by atoms with Gasteiger partial charge in [0.15, 0.2) is 11.4 Å². The number of nitrogens with one attached hydrogen (secondary N) is 1. The van der Waals surface area contributed by atoms with E-state index in [2.05, 4.69) is 22.2 Å². The first kappa shape index (κ1) is 23.6. The van der Waals surface area contributed by atoms with Gasteiger partial charge in [0.1, 0.15) is 18.2 Å². The van der Waals surface area contributed by atoms with Crippen LogP contribution in [-0.4, -0.2) is 42.5 Å². The van der Waals surface area contributed by atoms with E-state index in [1.807, 2.05) is 0 Å². The molecule has 1 fully saturated rings. The number of halogens is 3. The molecule has 3 aromatic rings. The molecule has 1 aromatic carbocycles. The zero-order valence-corrected chi connectivity index (χ0v) is 19.8. The van der Waals surface area contributed by atoms with E-state index in [0.717, 1.165) is 25.9 Å². The molecule has 0 spiro atoms. The Bertz CT molecular complexity index is 1180. The van der Waals surface area contributed by atoms with Crippen molar-refractivity contribution in [3.05, 3.63) is 51.6 Å². The number of likely N-dealkylation sites (tertiary alicyclic amines) is 1. The molecule has 1 aliphatic rings. The number of ether oxygens (including phenoxy) is 1. The largest absolute Gasteiger partial charge is 0.478 e. The molecular weight excluding hydrogens is 470 g/mol. The predicted octanol–water partition coefficient (Wildman–Crippen LogP) is 5.07. The van der Waals surface area contributed by atoms with Gasteiger partial charge in [0.25, 0.3) is 5.91 Å². The molecule has 1 saturated heterocycles. The zero-order chi connectivity index (χ0) is 23.7. The maximum absolute atomic E-state index is 14.0. The fourth-order valence-corrected chi connectivity index (χ4v) is 4.70. The van der Waals surface area contributed by atoms with E-state index in [1.165, 1.54) is 24.6 Å². The van der Waals surface area contributed by atoms with E-state index >= 15 is 0 Å². The Labute approximate surface area is 201 Å². The van der Waals surface area contributed by atoms with Gasteiger partial charge in [0, 0.05) is 23.3 Å². The molecule has 2 aromatic heterocycles. The first-order valence-electron chi connectivity index (χ1n) is 10.7. The number of nitrogens with zero attached hydrogens (tertiary/aromatic N) is 2. The Balaban J connectivity index is 1.55. The number of hydrogen-bond donors (Lipinski definition) is 2. The summed E-state index contributed by atoms with van der Waals surface area (Å²) < 4.78 is 25.6. The molecule has 1 atom stereocenters. The Morgan fingerprint density at radius 3 is 2.85 bits per heavy atom. The number of piperidine rings is 1. The van der Waals surface area contributed by atoms with Gasteiger partial charge in [-0.15, -0.1) is 0 Å². The molecule has 7 nitrogen and oxygen atoms in total. The van der Waals surface area contributed by atoms with E-state index in [1.54, 1.807) is 6.92 Å². The molecule has 10 heteroatoms. The Morgan fingerprint density at radius 1 is 1.39 bits per heavy atom. The van der Waals surface area contributed by atoms with Gasteiger partial charge in [0.2, 0.25) is 5.75 Å². The third-order valence-corrected chi connectivity index (χ3v) is 6.73. The van der Waals surface area contributed by atoms with Crippen molar-refractivity contribution in [3.8, 4) is 5.75 Å². The van der Waals surface area contributed by atoms with Crippen LogP contribution in [-0.2, 0) is 0 Å². The highest BCUT2D eigenvalue weighted by Crippen LogP contribution is 2.39. The monoisotopic (exact) mass is 494 g/mol. The molecule has 4 rings (SSSR count). The second kappa shape index (κ2) is 9.75. The average molecular weight is 495 g/mol. The second-order valence-electron chi connectivity index (χ2n) is 8.34. The number of fused-ring (bicyclic) bond motifs is 1. The molecule has 33 heavy (non-hydrogen) atoms. The number of aromatic nitrogens is 1. The third kappa shape index (κ3) is 4.88. The number of nitrogen functional groups attached to an aromatic ring is 1. The lowest BCUT2D eigenvalue weighted by molar-refractivity contribution is 0.0940. The number of nitrogens with two attached hydrogens (primary N) is 1. The Morgan fingerprint density at radius 2 is 2.12 bits per heavy atom. The smallest absolute Gasteiger partial charge is 0.255 e. The van der Waals surface area contributed by atoms with Crippen LogP contribution >= 0.6 is 23.2 Å². The lowest BCUT2D eigenvalue weighted by Crippen LogP contribution is -2.36. The van der Waals surface area contributed by atoms with E-state index < -0.39 is 11.9 Å². The zero-order valence-electron chi connectivity index (χ0n) is 18.3. The van der Waals surface area contributed by atoms with Gasteiger partial charge in [-0.25, -0.2) is 9.37 Å². The highest BCUT2D eigenvalue weighted by atomic mass is 35.5. The number of carbonyl (C=O) groups excluding carboxylic acids is 1. The number of hydrogen-bond acceptors (Lipinski definition) is 6. The van der Waals surface area contributed by atoms with Crippen LogP contribution in [0.2, 0.25) is 10.0 Å². The summed E-state index contributed by atoms with van der Waals surface area (Å²) in [5.74, 6) is -0.235. The summed E-state index contributed by atoms with van der Waals surface area (Å²) in [7, 11) is 2.10. The fourth-order valence-electron chi connectivity index (χ4n) is 4.02. The van der Waals surface area contributed by atoms with E-state index in [0.29, 0.717) is 23.4 Å². The van der Waals surface area contributed by atoms with Gasteiger partial charge < -0.3 is 25.1 Å². The second-order valence-corrected chi connectivity index (χ2v) is 9.12. The maximum Gasteiger partial charge on any atom is 0.255 e. The standard InChI is InChI=1S/C23H25Cl2FN4O3/c1-12(18-16(24)3-4-17(26)19(18)25)33-21-20-14(10-28-22(21)27)15(11-32-20)23(31)29-9-13-5-7-30(2)8-6-13/h3-4,10-13H,5-9H2,1-2H3,(H2,27,28)(H,29,31)/t12-/m1/s1. The van der Waals surface area contributed by atoms with Crippen LogP contribution in [0.25, 0.3) is 11.0 Å². The van der Waals surface area contributed by atoms with Crippen molar-refractivity contribution >= 4 is 45.9 Å². The lowest BCUT2D eigenvalue weighted by Gasteiger charge is -2.28. The molecule has 0 unspecified atom stereocenters. The van der Waals surface area contributed by atoms with E-state index in [9.17, 15) is 9.18 Å². The first-order chi connectivity index (χ1) is 15.8. The quantitative estimate of drug-likeness (QED) is 0.464. The Hall–Kier alpha value is -2.55. The van der Waals surface area contributed by atoms with Crippen molar-refractivity contribution in [1.82, 2.24) is 15.2 Å². The number of pyridine rings is 1. The molecule has 176 valence electrons. The summed E-state index contributed by atoms with van der Waals surface area (Å²) in [6, 6.07) is 2.58. The van der Waals surface area contributed by atoms with Gasteiger partial charge in [-0.05, 0) is 58.0 Å². The number of furan rings is 1. The number of benzene rings is 1. The third-order valence-electron chi connectivity index (χ3n) is 6.02. The molecule has 1 aliphatic heterocycles. The first-order valence-corrected chi connectivity index (χ1v) is 11.4. The molecule has 0 bridgehead atoms. The van der Waals surface area contributed by atoms with Crippen LogP contribution in [0.4, 0.5) is 10.2 Å². The molecule has 3 N–H and O–H groups in total. The predicted molar refractivity (Wildman–Crippen MR) is 126 cm³/mol. The number of rotatable bonds is 6. The summed E-state index contributed by atoms with van der Waals surface area (Å²) in [5, 5.41) is 3.57. The minimum absolute atomic E-state index is 0.0608. The maximum atomic E-state index is 14.0. The SMILES string of the molecule is C[C@@H](Oc1c(N)ncc2c(C(=O)NCC3CCN(C)CC3)coc12)c1c(Cl)ccc(F)c1Cl. The fraction of sp³-hybridized carbons (Fsp3) is 0.391. The minimum Gasteiger partial charge on any atom is -0.478 e. The molecule has 3 heterocycles. The van der Waals surface area contributed by atoms with Gasteiger partial charge in [0.05, 0.1) is 16.0 Å². The van der Waals surface area contributed by atoms with Gasteiger partial charge in [-0.2, -0.15) is 0 Å². The summed E-state index contributed by atoms with van der Waals surface area (Å²) in [6.07, 6.45) is 4.15. The Kier molecular flexibility index (Phi) is 6.97. The van der Waals surface area contributed by atoms with Crippen molar-refractivity contribution in [1.29, 1.82) is 0 Å². The van der Waals surface area contributed by atoms with Crippen LogP contribution in [0.1, 0.15) is 41.8 Å². The minimum atomic E-state index is -0.762. The van der Waals surface area contributed by atoms with Crippen molar-refractivity contribution < 1.29 is 18.3 Å². The van der Waals surface area contributed by atoms with Crippen LogP contribution in [0.5, 0.6) is 5.75 Å². The summed E-state index contributed by atoms with van der Waals surface area (Å²) >= 11 is 12.3. The number of amides is 1. The van der Waals surface area contributed by atoms with E-state index in [-0.39, 0.29) is 38.7 Å². The van der Waals surface area contributed by atoms with Crippen LogP contribution < -0.4 is 15.8 Å². The van der Waals surface area contributed by atoms with Crippen LogP contribution in [0.15, 0.2) is 29.0 Å². The van der Waals surface area contributed by atoms with Crippen molar-refractivity contribution in [2.45, 2.75) is 25.9 Å². The average Bonchev–Trinajstić information content (AvgIpc) is 3.22. The van der Waals surface area contributed by atoms with Gasteiger partial charge in [-0.3, -0.25) is 4.79 Å². The molecular formula is C23H25Cl2FN4O3. The van der Waals surface area contributed by atoms with Crippen molar-refractivity contribution in [3.63, 3.8) is 0 Å². The number of anilines is 1. The normalized spacial score (nSPS) is 16.2. The van der Waals surface area contributed by atoms with Gasteiger partial charge in [-0.1, -0.05) is 23.2 Å². The van der Waals surface area contributed by atoms with Crippen molar-refractivity contribution in [2.24, 2.45) is 5.92 Å². The summed E-state index contributed by atoms with van der Waals surface area (Å²) in [4.78, 5) is 19.3. The lowest BCUT2D eigenvalue weighted by atomic mass is 9.97. The van der Waals surface area contributed by atoms with Crippen LogP contribution in [0.3, 0.4) is 0 Å². The van der Waals surface area contributed by atoms with E-state index in [4.69, 9.17) is 38.1 Å². The molecule has 0 saturated carbocycles. The van der Waals surface area contributed by atoms with Crippen LogP contribution in [0, 0.1) is 11.7 Å². The topological polar surface area (TPSA) is 93.6 Å². The highest BCUT2D eigenvalue weighted by Gasteiger charge is 2.25. The highest BCUT2D eigenvalue weighted by molar-refractivity contribution is 6.36.